The van der Waals surface area contributed by atoms with Crippen LogP contribution in [0.4, 0.5) is 0 Å². The second-order valence-corrected chi connectivity index (χ2v) is 7.48. The summed E-state index contributed by atoms with van der Waals surface area (Å²) < 4.78 is 26.9. The minimum atomic E-state index is -3.66. The lowest BCUT2D eigenvalue weighted by atomic mass is 10.2. The normalized spacial score (nSPS) is 15.0. The van der Waals surface area contributed by atoms with Crippen molar-refractivity contribution in [1.82, 2.24) is 4.31 Å². The monoisotopic (exact) mass is 354 g/mol. The Bertz CT molecular complexity index is 833. The van der Waals surface area contributed by atoms with E-state index in [9.17, 15) is 8.42 Å². The van der Waals surface area contributed by atoms with Gasteiger partial charge in [-0.3, -0.25) is 4.99 Å². The molecule has 0 aliphatic carbocycles. The quantitative estimate of drug-likeness (QED) is 0.847. The Morgan fingerprint density at radius 2 is 1.73 bits per heavy atom. The molecule has 0 atom stereocenters. The van der Waals surface area contributed by atoms with Gasteiger partial charge in [0.05, 0.1) is 18.0 Å². The molecule has 0 bridgehead atoms. The molecule has 0 N–H and O–H groups in total. The molecular formula is C15H12Cl2N2O2S. The Hall–Kier alpha value is -1.56. The van der Waals surface area contributed by atoms with Crippen molar-refractivity contribution in [2.24, 2.45) is 4.99 Å². The molecule has 0 spiro atoms. The Balaban J connectivity index is 2.00. The molecule has 2 aromatic rings. The molecule has 114 valence electrons. The maximum atomic E-state index is 12.8. The molecule has 22 heavy (non-hydrogen) atoms. The fourth-order valence-electron chi connectivity index (χ4n) is 2.26. The highest BCUT2D eigenvalue weighted by molar-refractivity contribution is 7.89. The van der Waals surface area contributed by atoms with Crippen molar-refractivity contribution in [3.8, 4) is 0 Å². The third kappa shape index (κ3) is 2.84. The first-order valence-corrected chi connectivity index (χ1v) is 8.77. The van der Waals surface area contributed by atoms with E-state index in [4.69, 9.17) is 23.2 Å². The number of hydrogen-bond acceptors (Lipinski definition) is 3. The van der Waals surface area contributed by atoms with Crippen LogP contribution in [0.2, 0.25) is 10.0 Å². The molecule has 1 heterocycles. The Kier molecular flexibility index (Phi) is 4.12. The van der Waals surface area contributed by atoms with E-state index in [2.05, 4.69) is 4.99 Å². The van der Waals surface area contributed by atoms with E-state index in [0.29, 0.717) is 34.5 Å². The van der Waals surface area contributed by atoms with E-state index in [0.717, 1.165) is 0 Å². The lowest BCUT2D eigenvalue weighted by Gasteiger charge is -2.20. The minimum Gasteiger partial charge on any atom is -0.265 e. The Morgan fingerprint density at radius 1 is 1.00 bits per heavy atom. The SMILES string of the molecule is O=S(=O)(c1ccc(Cl)cc1)N1CCN=C1c1cccc(Cl)c1. The van der Waals surface area contributed by atoms with Crippen LogP contribution < -0.4 is 0 Å². The smallest absolute Gasteiger partial charge is 0.265 e. The standard InChI is InChI=1S/C15H12Cl2N2O2S/c16-12-4-6-14(7-5-12)22(20,21)19-9-8-18-15(19)11-2-1-3-13(17)10-11/h1-7,10H,8-9H2. The van der Waals surface area contributed by atoms with Gasteiger partial charge in [0.2, 0.25) is 0 Å². The van der Waals surface area contributed by atoms with Crippen molar-refractivity contribution in [1.29, 1.82) is 0 Å². The van der Waals surface area contributed by atoms with Crippen LogP contribution in [-0.4, -0.2) is 31.6 Å². The van der Waals surface area contributed by atoms with Crippen LogP contribution in [0.5, 0.6) is 0 Å². The highest BCUT2D eigenvalue weighted by Gasteiger charge is 2.31. The summed E-state index contributed by atoms with van der Waals surface area (Å²) >= 11 is 11.8. The third-order valence-corrected chi connectivity index (χ3v) is 5.58. The van der Waals surface area contributed by atoms with Crippen LogP contribution in [0.15, 0.2) is 58.4 Å². The molecule has 2 aromatic carbocycles. The minimum absolute atomic E-state index is 0.188. The van der Waals surface area contributed by atoms with Crippen molar-refractivity contribution in [3.05, 3.63) is 64.1 Å². The molecule has 1 aliphatic heterocycles. The highest BCUT2D eigenvalue weighted by atomic mass is 35.5. The highest BCUT2D eigenvalue weighted by Crippen LogP contribution is 2.24. The molecule has 0 saturated heterocycles. The van der Waals surface area contributed by atoms with E-state index < -0.39 is 10.0 Å². The topological polar surface area (TPSA) is 49.7 Å². The first kappa shape index (κ1) is 15.3. The van der Waals surface area contributed by atoms with Gasteiger partial charge >= 0.3 is 0 Å². The van der Waals surface area contributed by atoms with Crippen molar-refractivity contribution < 1.29 is 8.42 Å². The lowest BCUT2D eigenvalue weighted by molar-refractivity contribution is 0.538. The molecule has 0 radical (unpaired) electrons. The number of amidine groups is 1. The van der Waals surface area contributed by atoms with Gasteiger partial charge in [0.25, 0.3) is 10.0 Å². The predicted molar refractivity (Wildman–Crippen MR) is 88.2 cm³/mol. The zero-order chi connectivity index (χ0) is 15.7. The number of sulfonamides is 1. The molecule has 3 rings (SSSR count). The van der Waals surface area contributed by atoms with Crippen molar-refractivity contribution in [2.45, 2.75) is 4.90 Å². The number of aliphatic imine (C=N–C) groups is 1. The van der Waals surface area contributed by atoms with Gasteiger partial charge in [0, 0.05) is 15.6 Å². The maximum absolute atomic E-state index is 12.8. The fraction of sp³-hybridized carbons (Fsp3) is 0.133. The summed E-state index contributed by atoms with van der Waals surface area (Å²) in [6, 6.07) is 13.1. The zero-order valence-corrected chi connectivity index (χ0v) is 13.7. The van der Waals surface area contributed by atoms with Crippen LogP contribution in [0.3, 0.4) is 0 Å². The summed E-state index contributed by atoms with van der Waals surface area (Å²) in [5.74, 6) is 0.414. The van der Waals surface area contributed by atoms with Crippen LogP contribution in [0, 0.1) is 0 Å². The maximum Gasteiger partial charge on any atom is 0.265 e. The number of nitrogens with zero attached hydrogens (tertiary/aromatic N) is 2. The van der Waals surface area contributed by atoms with E-state index in [1.807, 2.05) is 0 Å². The van der Waals surface area contributed by atoms with Crippen LogP contribution >= 0.6 is 23.2 Å². The molecule has 0 aromatic heterocycles. The second-order valence-electron chi connectivity index (χ2n) is 4.75. The van der Waals surface area contributed by atoms with Gasteiger partial charge in [0.1, 0.15) is 5.84 Å². The van der Waals surface area contributed by atoms with Crippen molar-refractivity contribution in [3.63, 3.8) is 0 Å². The molecule has 4 nitrogen and oxygen atoms in total. The molecule has 0 saturated carbocycles. The van der Waals surface area contributed by atoms with Gasteiger partial charge < -0.3 is 0 Å². The Morgan fingerprint density at radius 3 is 2.41 bits per heavy atom. The van der Waals surface area contributed by atoms with E-state index in [1.165, 1.54) is 16.4 Å². The lowest BCUT2D eigenvalue weighted by Crippen LogP contribution is -2.34. The van der Waals surface area contributed by atoms with Gasteiger partial charge in [-0.05, 0) is 36.4 Å². The van der Waals surface area contributed by atoms with Gasteiger partial charge in [-0.15, -0.1) is 0 Å². The molecular weight excluding hydrogens is 343 g/mol. The van der Waals surface area contributed by atoms with Gasteiger partial charge in [-0.1, -0.05) is 35.3 Å². The van der Waals surface area contributed by atoms with Crippen LogP contribution in [0.1, 0.15) is 5.56 Å². The molecule has 0 fully saturated rings. The summed E-state index contributed by atoms with van der Waals surface area (Å²) in [7, 11) is -3.66. The molecule has 0 amide bonds. The zero-order valence-electron chi connectivity index (χ0n) is 11.4. The number of halogens is 2. The molecule has 7 heteroatoms. The average Bonchev–Trinajstić information content (AvgIpc) is 2.98. The van der Waals surface area contributed by atoms with E-state index in [-0.39, 0.29) is 4.90 Å². The number of hydrogen-bond donors (Lipinski definition) is 0. The van der Waals surface area contributed by atoms with Crippen molar-refractivity contribution in [2.75, 3.05) is 13.1 Å². The Labute approximate surface area is 139 Å². The molecule has 0 unspecified atom stereocenters. The van der Waals surface area contributed by atoms with Gasteiger partial charge in [-0.25, -0.2) is 12.7 Å². The van der Waals surface area contributed by atoms with Gasteiger partial charge in [0.15, 0.2) is 0 Å². The van der Waals surface area contributed by atoms with Crippen molar-refractivity contribution >= 4 is 39.1 Å². The van der Waals surface area contributed by atoms with Gasteiger partial charge in [-0.2, -0.15) is 0 Å². The van der Waals surface area contributed by atoms with Crippen LogP contribution in [-0.2, 0) is 10.0 Å². The largest absolute Gasteiger partial charge is 0.265 e. The third-order valence-electron chi connectivity index (χ3n) is 3.29. The number of benzene rings is 2. The molecule has 1 aliphatic rings. The first-order chi connectivity index (χ1) is 10.5. The summed E-state index contributed by atoms with van der Waals surface area (Å²) in [6.07, 6.45) is 0. The summed E-state index contributed by atoms with van der Waals surface area (Å²) in [5, 5.41) is 1.03. The summed E-state index contributed by atoms with van der Waals surface area (Å²) in [5.41, 5.74) is 0.683. The second kappa shape index (κ2) is 5.91. The number of rotatable bonds is 3. The summed E-state index contributed by atoms with van der Waals surface area (Å²) in [6.45, 7) is 0.738. The van der Waals surface area contributed by atoms with E-state index >= 15 is 0 Å². The summed E-state index contributed by atoms with van der Waals surface area (Å²) in [4.78, 5) is 4.50. The fourth-order valence-corrected chi connectivity index (χ4v) is 4.03. The average molecular weight is 355 g/mol. The first-order valence-electron chi connectivity index (χ1n) is 6.57. The van der Waals surface area contributed by atoms with Crippen LogP contribution in [0.25, 0.3) is 0 Å². The van der Waals surface area contributed by atoms with E-state index in [1.54, 1.807) is 36.4 Å². The predicted octanol–water partition coefficient (Wildman–Crippen LogP) is 3.44.